The zero-order chi connectivity index (χ0) is 19.4. The summed E-state index contributed by atoms with van der Waals surface area (Å²) in [5, 5.41) is 13.6. The van der Waals surface area contributed by atoms with Crippen molar-refractivity contribution in [3.8, 4) is 0 Å². The lowest BCUT2D eigenvalue weighted by molar-refractivity contribution is -0.146. The van der Waals surface area contributed by atoms with Crippen molar-refractivity contribution in [2.24, 2.45) is 0 Å². The minimum absolute atomic E-state index is 0.0497. The number of nitrogens with one attached hydrogen (secondary N) is 1. The summed E-state index contributed by atoms with van der Waals surface area (Å²) in [6.45, 7) is 7.60. The highest BCUT2D eigenvalue weighted by molar-refractivity contribution is 5.44. The molecule has 9 heteroatoms. The van der Waals surface area contributed by atoms with Crippen molar-refractivity contribution in [1.82, 2.24) is 24.7 Å². The number of aromatic nitrogens is 4. The van der Waals surface area contributed by atoms with Crippen molar-refractivity contribution in [3.63, 3.8) is 0 Å². The average molecular weight is 378 g/mol. The van der Waals surface area contributed by atoms with E-state index in [0.717, 1.165) is 25.2 Å². The van der Waals surface area contributed by atoms with E-state index in [-0.39, 0.29) is 5.65 Å². The first-order valence-corrected chi connectivity index (χ1v) is 8.74. The van der Waals surface area contributed by atoms with Crippen molar-refractivity contribution >= 4 is 11.5 Å². The van der Waals surface area contributed by atoms with Crippen molar-refractivity contribution in [1.29, 1.82) is 0 Å². The number of alkyl halides is 3. The van der Waals surface area contributed by atoms with Crippen LogP contribution >= 0.6 is 0 Å². The van der Waals surface area contributed by atoms with E-state index in [1.54, 1.807) is 6.07 Å². The second-order valence-electron chi connectivity index (χ2n) is 6.14. The van der Waals surface area contributed by atoms with Gasteiger partial charge >= 0.3 is 6.18 Å². The van der Waals surface area contributed by atoms with Crippen LogP contribution in [0, 0.1) is 0 Å². The highest BCUT2D eigenvalue weighted by atomic mass is 19.4. The standard InChI is InChI=1S/C18H21F3N6/c1-3-26(4-2)12-14-7-5-13(6-8-14)11-22-15-9-10-16-23-24-17(18(19,20)21)27(16)25-15/h5-10H,3-4,11-12H2,1-2H3,(H,22,25). The number of fused-ring (bicyclic) bond motifs is 1. The van der Waals surface area contributed by atoms with Gasteiger partial charge in [0.05, 0.1) is 0 Å². The first-order valence-electron chi connectivity index (χ1n) is 8.74. The van der Waals surface area contributed by atoms with E-state index in [9.17, 15) is 13.2 Å². The maximum absolute atomic E-state index is 12.9. The Morgan fingerprint density at radius 3 is 2.26 bits per heavy atom. The Kier molecular flexibility index (Phi) is 5.59. The number of hydrogen-bond donors (Lipinski definition) is 1. The minimum atomic E-state index is -4.61. The molecule has 6 nitrogen and oxygen atoms in total. The Bertz CT molecular complexity index is 884. The normalized spacial score (nSPS) is 12.1. The van der Waals surface area contributed by atoms with Crippen LogP contribution in [0.4, 0.5) is 19.0 Å². The van der Waals surface area contributed by atoms with Crippen LogP contribution in [0.5, 0.6) is 0 Å². The Balaban J connectivity index is 1.68. The molecule has 27 heavy (non-hydrogen) atoms. The van der Waals surface area contributed by atoms with Gasteiger partial charge in [0.2, 0.25) is 0 Å². The first kappa shape index (κ1) is 19.1. The molecule has 1 N–H and O–H groups in total. The molecule has 0 radical (unpaired) electrons. The quantitative estimate of drug-likeness (QED) is 0.681. The summed E-state index contributed by atoms with van der Waals surface area (Å²) in [5.74, 6) is -0.818. The van der Waals surface area contributed by atoms with Gasteiger partial charge in [-0.15, -0.1) is 15.3 Å². The van der Waals surface area contributed by atoms with E-state index in [0.29, 0.717) is 16.9 Å². The largest absolute Gasteiger partial charge is 0.453 e. The van der Waals surface area contributed by atoms with Crippen LogP contribution in [0.2, 0.25) is 0 Å². The second kappa shape index (κ2) is 7.91. The molecule has 0 fully saturated rings. The van der Waals surface area contributed by atoms with Gasteiger partial charge in [-0.25, -0.2) is 0 Å². The number of hydrogen-bond acceptors (Lipinski definition) is 5. The lowest BCUT2D eigenvalue weighted by Gasteiger charge is -2.18. The molecule has 0 atom stereocenters. The predicted molar refractivity (Wildman–Crippen MR) is 96.2 cm³/mol. The van der Waals surface area contributed by atoms with Crippen LogP contribution in [0.25, 0.3) is 5.65 Å². The molecule has 0 saturated heterocycles. The lowest BCUT2D eigenvalue weighted by atomic mass is 10.1. The molecule has 2 heterocycles. The molecule has 0 unspecified atom stereocenters. The van der Waals surface area contributed by atoms with Gasteiger partial charge in [-0.2, -0.15) is 17.7 Å². The zero-order valence-corrected chi connectivity index (χ0v) is 15.2. The van der Waals surface area contributed by atoms with E-state index < -0.39 is 12.0 Å². The molecule has 0 bridgehead atoms. The van der Waals surface area contributed by atoms with Gasteiger partial charge in [-0.3, -0.25) is 4.90 Å². The number of halogens is 3. The van der Waals surface area contributed by atoms with Gasteiger partial charge < -0.3 is 5.32 Å². The molecule has 0 amide bonds. The topological polar surface area (TPSA) is 58.3 Å². The predicted octanol–water partition coefficient (Wildman–Crippen LogP) is 3.60. The molecule has 2 aromatic heterocycles. The molecule has 0 aliphatic heterocycles. The Morgan fingerprint density at radius 1 is 0.963 bits per heavy atom. The van der Waals surface area contributed by atoms with Gasteiger partial charge in [0, 0.05) is 13.1 Å². The molecule has 3 rings (SSSR count). The molecule has 0 saturated carbocycles. The zero-order valence-electron chi connectivity index (χ0n) is 15.2. The molecular weight excluding hydrogens is 357 g/mol. The molecule has 0 aliphatic rings. The summed E-state index contributed by atoms with van der Waals surface area (Å²) in [6.07, 6.45) is -4.61. The van der Waals surface area contributed by atoms with E-state index in [1.807, 2.05) is 12.1 Å². The molecule has 144 valence electrons. The minimum Gasteiger partial charge on any atom is -0.365 e. The van der Waals surface area contributed by atoms with Crippen LogP contribution in [0.3, 0.4) is 0 Å². The fraction of sp³-hybridized carbons (Fsp3) is 0.389. The molecule has 0 aliphatic carbocycles. The molecule has 0 spiro atoms. The number of rotatable bonds is 7. The van der Waals surface area contributed by atoms with Crippen molar-refractivity contribution < 1.29 is 13.2 Å². The first-order chi connectivity index (χ1) is 12.9. The molecular formula is C18H21F3N6. The number of nitrogens with zero attached hydrogens (tertiary/aromatic N) is 5. The summed E-state index contributed by atoms with van der Waals surface area (Å²) in [4.78, 5) is 2.32. The van der Waals surface area contributed by atoms with Gasteiger partial charge in [0.1, 0.15) is 5.82 Å². The van der Waals surface area contributed by atoms with Crippen molar-refractivity contribution in [2.45, 2.75) is 33.1 Å². The third-order valence-corrected chi connectivity index (χ3v) is 4.31. The summed E-state index contributed by atoms with van der Waals surface area (Å²) in [6, 6.07) is 11.2. The highest BCUT2D eigenvalue weighted by Crippen LogP contribution is 2.27. The highest BCUT2D eigenvalue weighted by Gasteiger charge is 2.37. The smallest absolute Gasteiger partial charge is 0.365 e. The fourth-order valence-electron chi connectivity index (χ4n) is 2.72. The summed E-state index contributed by atoms with van der Waals surface area (Å²) in [5.41, 5.74) is 2.29. The summed E-state index contributed by atoms with van der Waals surface area (Å²) >= 11 is 0. The third-order valence-electron chi connectivity index (χ3n) is 4.31. The van der Waals surface area contributed by atoms with Crippen LogP contribution in [-0.2, 0) is 19.3 Å². The van der Waals surface area contributed by atoms with E-state index in [1.165, 1.54) is 11.6 Å². The SMILES string of the molecule is CCN(CC)Cc1ccc(CNc2ccc3nnc(C(F)(F)F)n3n2)cc1. The van der Waals surface area contributed by atoms with Crippen LogP contribution < -0.4 is 5.32 Å². The van der Waals surface area contributed by atoms with Gasteiger partial charge in [-0.05, 0) is 36.3 Å². The van der Waals surface area contributed by atoms with E-state index in [2.05, 4.69) is 51.5 Å². The Morgan fingerprint density at radius 2 is 1.63 bits per heavy atom. The monoisotopic (exact) mass is 378 g/mol. The average Bonchev–Trinajstić information content (AvgIpc) is 3.09. The maximum Gasteiger partial charge on any atom is 0.453 e. The van der Waals surface area contributed by atoms with E-state index >= 15 is 0 Å². The Hall–Kier alpha value is -2.68. The second-order valence-corrected chi connectivity index (χ2v) is 6.14. The fourth-order valence-corrected chi connectivity index (χ4v) is 2.72. The number of benzene rings is 1. The lowest BCUT2D eigenvalue weighted by Crippen LogP contribution is -2.22. The number of anilines is 1. The van der Waals surface area contributed by atoms with Crippen LogP contribution in [0.15, 0.2) is 36.4 Å². The Labute approximate surface area is 155 Å². The van der Waals surface area contributed by atoms with Crippen LogP contribution in [-0.4, -0.2) is 37.8 Å². The van der Waals surface area contributed by atoms with E-state index in [4.69, 9.17) is 0 Å². The third kappa shape index (κ3) is 4.54. The van der Waals surface area contributed by atoms with Gasteiger partial charge in [0.25, 0.3) is 5.82 Å². The van der Waals surface area contributed by atoms with Crippen molar-refractivity contribution in [3.05, 3.63) is 53.3 Å². The van der Waals surface area contributed by atoms with Crippen molar-refractivity contribution in [2.75, 3.05) is 18.4 Å². The summed E-state index contributed by atoms with van der Waals surface area (Å²) < 4.78 is 39.5. The molecule has 1 aromatic carbocycles. The summed E-state index contributed by atoms with van der Waals surface area (Å²) in [7, 11) is 0. The van der Waals surface area contributed by atoms with Gasteiger partial charge in [-0.1, -0.05) is 38.1 Å². The maximum atomic E-state index is 12.9. The van der Waals surface area contributed by atoms with Gasteiger partial charge in [0.15, 0.2) is 5.65 Å². The molecule has 3 aromatic rings. The van der Waals surface area contributed by atoms with Crippen LogP contribution in [0.1, 0.15) is 30.8 Å².